The third-order valence-electron chi connectivity index (χ3n) is 6.07. The number of methoxy groups -OCH3 is 1. The molecule has 4 N–H and O–H groups in total. The van der Waals surface area contributed by atoms with Crippen LogP contribution in [0.1, 0.15) is 67.6 Å². The lowest BCUT2D eigenvalue weighted by Crippen LogP contribution is -2.23. The van der Waals surface area contributed by atoms with Crippen molar-refractivity contribution >= 4 is 5.78 Å². The second kappa shape index (κ2) is 9.35. The van der Waals surface area contributed by atoms with Gasteiger partial charge in [-0.15, -0.1) is 0 Å². The number of rotatable bonds is 8. The van der Waals surface area contributed by atoms with E-state index in [2.05, 4.69) is 6.58 Å². The van der Waals surface area contributed by atoms with E-state index in [9.17, 15) is 25.2 Å². The summed E-state index contributed by atoms with van der Waals surface area (Å²) >= 11 is 0. The van der Waals surface area contributed by atoms with Crippen molar-refractivity contribution in [3.8, 4) is 28.7 Å². The molecule has 178 valence electrons. The summed E-state index contributed by atoms with van der Waals surface area (Å²) in [5.41, 5.74) is 1.04. The number of fused-ring (bicyclic) bond motifs is 1. The van der Waals surface area contributed by atoms with Gasteiger partial charge in [0.2, 0.25) is 0 Å². The maximum Gasteiger partial charge on any atom is 0.174 e. The molecular formula is C26H32O7. The molecule has 1 heterocycles. The van der Waals surface area contributed by atoms with Crippen LogP contribution in [0.3, 0.4) is 0 Å². The molecule has 0 bridgehead atoms. The lowest BCUT2D eigenvalue weighted by atomic mass is 9.84. The number of phenols is 3. The molecule has 0 radical (unpaired) electrons. The number of carbonyl (C=O) groups excluding carboxylic acids is 1. The topological polar surface area (TPSA) is 116 Å². The standard InChI is InChI=1S/C26H32O7/c1-14(2)15(8-9-26(3,4)31)10-18-19(28)12-20(29)24-21(30)13-23(33-25(18)24)17-7-6-16(27)11-22(17)32-5/h6-7,11-12,15,23,27-29,31H,1,8-10,13H2,2-5H3/t15-,23+/m1/s1. The van der Waals surface area contributed by atoms with Gasteiger partial charge >= 0.3 is 0 Å². The van der Waals surface area contributed by atoms with Crippen LogP contribution in [0.5, 0.6) is 28.7 Å². The molecule has 1 aliphatic heterocycles. The van der Waals surface area contributed by atoms with Gasteiger partial charge in [-0.1, -0.05) is 12.2 Å². The van der Waals surface area contributed by atoms with Gasteiger partial charge in [0.15, 0.2) is 5.78 Å². The Morgan fingerprint density at radius 1 is 1.24 bits per heavy atom. The van der Waals surface area contributed by atoms with E-state index in [4.69, 9.17) is 9.47 Å². The maximum absolute atomic E-state index is 13.0. The second-order valence-electron chi connectivity index (χ2n) is 9.36. The third-order valence-corrected chi connectivity index (χ3v) is 6.07. The lowest BCUT2D eigenvalue weighted by Gasteiger charge is -2.30. The normalized spacial score (nSPS) is 16.6. The highest BCUT2D eigenvalue weighted by molar-refractivity contribution is 6.03. The van der Waals surface area contributed by atoms with Crippen molar-refractivity contribution in [2.75, 3.05) is 7.11 Å². The molecule has 0 aromatic heterocycles. The van der Waals surface area contributed by atoms with E-state index in [1.54, 1.807) is 19.9 Å². The summed E-state index contributed by atoms with van der Waals surface area (Å²) in [5.74, 6) is -0.393. The molecule has 7 heteroatoms. The SMILES string of the molecule is C=C(C)[C@H](CCC(C)(C)O)Cc1c(O)cc(O)c2c1O[C@H](c1ccc(O)cc1OC)CC2=O. The molecule has 0 saturated heterocycles. The number of Topliss-reactive ketones (excluding diaryl/α,β-unsaturated/α-hetero) is 1. The molecule has 1 aliphatic rings. The Kier molecular flexibility index (Phi) is 6.93. The van der Waals surface area contributed by atoms with Gasteiger partial charge in [0.05, 0.1) is 19.1 Å². The first kappa shape index (κ1) is 24.5. The highest BCUT2D eigenvalue weighted by atomic mass is 16.5. The molecular weight excluding hydrogens is 424 g/mol. The Morgan fingerprint density at radius 2 is 1.94 bits per heavy atom. The van der Waals surface area contributed by atoms with Gasteiger partial charge < -0.3 is 29.9 Å². The maximum atomic E-state index is 13.0. The van der Waals surface area contributed by atoms with E-state index >= 15 is 0 Å². The number of hydrogen-bond acceptors (Lipinski definition) is 7. The Morgan fingerprint density at radius 3 is 2.55 bits per heavy atom. The van der Waals surface area contributed by atoms with Crippen LogP contribution in [0, 0.1) is 5.92 Å². The summed E-state index contributed by atoms with van der Waals surface area (Å²) in [6.45, 7) is 9.42. The minimum Gasteiger partial charge on any atom is -0.508 e. The second-order valence-corrected chi connectivity index (χ2v) is 9.36. The molecule has 0 amide bonds. The van der Waals surface area contributed by atoms with Crippen LogP contribution in [-0.2, 0) is 6.42 Å². The number of carbonyl (C=O) groups is 1. The molecule has 2 aromatic carbocycles. The largest absolute Gasteiger partial charge is 0.508 e. The molecule has 0 saturated carbocycles. The van der Waals surface area contributed by atoms with Gasteiger partial charge in [-0.25, -0.2) is 0 Å². The first-order valence-corrected chi connectivity index (χ1v) is 10.9. The zero-order valence-corrected chi connectivity index (χ0v) is 19.5. The Balaban J connectivity index is 2.03. The van der Waals surface area contributed by atoms with Crippen LogP contribution >= 0.6 is 0 Å². The zero-order chi connectivity index (χ0) is 24.5. The predicted octanol–water partition coefficient (Wildman–Crippen LogP) is 4.80. The van der Waals surface area contributed by atoms with Gasteiger partial charge in [-0.3, -0.25) is 4.79 Å². The number of aromatic hydroxyl groups is 3. The highest BCUT2D eigenvalue weighted by Crippen LogP contribution is 2.48. The first-order chi connectivity index (χ1) is 15.4. The molecule has 0 spiro atoms. The average molecular weight is 457 g/mol. The molecule has 33 heavy (non-hydrogen) atoms. The smallest absolute Gasteiger partial charge is 0.174 e. The first-order valence-electron chi connectivity index (χ1n) is 10.9. The molecule has 0 unspecified atom stereocenters. The molecule has 7 nitrogen and oxygen atoms in total. The summed E-state index contributed by atoms with van der Waals surface area (Å²) < 4.78 is 11.6. The monoisotopic (exact) mass is 456 g/mol. The summed E-state index contributed by atoms with van der Waals surface area (Å²) in [6, 6.07) is 5.71. The number of ketones is 1. The highest BCUT2D eigenvalue weighted by Gasteiger charge is 2.35. The number of hydrogen-bond donors (Lipinski definition) is 4. The van der Waals surface area contributed by atoms with Gasteiger partial charge in [-0.05, 0) is 58.1 Å². The molecule has 3 rings (SSSR count). The van der Waals surface area contributed by atoms with E-state index in [0.29, 0.717) is 36.1 Å². The van der Waals surface area contributed by atoms with Crippen LogP contribution in [0.15, 0.2) is 36.4 Å². The number of ether oxygens (including phenoxy) is 2. The summed E-state index contributed by atoms with van der Waals surface area (Å²) in [5, 5.41) is 41.0. The van der Waals surface area contributed by atoms with E-state index in [-0.39, 0.29) is 46.7 Å². The molecule has 0 fully saturated rings. The van der Waals surface area contributed by atoms with Crippen molar-refractivity contribution in [1.29, 1.82) is 0 Å². The van der Waals surface area contributed by atoms with E-state index < -0.39 is 11.7 Å². The lowest BCUT2D eigenvalue weighted by molar-refractivity contribution is 0.0650. The fourth-order valence-electron chi connectivity index (χ4n) is 4.16. The van der Waals surface area contributed by atoms with Gasteiger partial charge in [0, 0.05) is 23.3 Å². The Bertz CT molecular complexity index is 1070. The van der Waals surface area contributed by atoms with Crippen LogP contribution in [0.2, 0.25) is 0 Å². The van der Waals surface area contributed by atoms with E-state index in [1.165, 1.54) is 25.3 Å². The molecule has 0 aliphatic carbocycles. The average Bonchev–Trinajstić information content (AvgIpc) is 2.71. The summed E-state index contributed by atoms with van der Waals surface area (Å²) in [4.78, 5) is 13.0. The fourth-order valence-corrected chi connectivity index (χ4v) is 4.16. The number of allylic oxidation sites excluding steroid dienone is 1. The number of phenolic OH excluding ortho intramolecular Hbond substituents is 3. The van der Waals surface area contributed by atoms with Crippen molar-refractivity contribution in [3.63, 3.8) is 0 Å². The summed E-state index contributed by atoms with van der Waals surface area (Å²) in [7, 11) is 1.46. The zero-order valence-electron chi connectivity index (χ0n) is 19.5. The van der Waals surface area contributed by atoms with E-state index in [0.717, 1.165) is 5.57 Å². The quantitative estimate of drug-likeness (QED) is 0.421. The predicted molar refractivity (Wildman–Crippen MR) is 124 cm³/mol. The minimum absolute atomic E-state index is 0.0187. The minimum atomic E-state index is -0.850. The number of aliphatic hydroxyl groups is 1. The third kappa shape index (κ3) is 5.42. The summed E-state index contributed by atoms with van der Waals surface area (Å²) in [6.07, 6.45) is 0.719. The van der Waals surface area contributed by atoms with Crippen molar-refractivity contribution in [1.82, 2.24) is 0 Å². The van der Waals surface area contributed by atoms with Crippen LogP contribution in [-0.4, -0.2) is 38.9 Å². The van der Waals surface area contributed by atoms with Crippen molar-refractivity contribution < 1.29 is 34.7 Å². The van der Waals surface area contributed by atoms with Crippen LogP contribution < -0.4 is 9.47 Å². The van der Waals surface area contributed by atoms with Gasteiger partial charge in [0.25, 0.3) is 0 Å². The van der Waals surface area contributed by atoms with Crippen molar-refractivity contribution in [2.24, 2.45) is 5.92 Å². The van der Waals surface area contributed by atoms with Crippen LogP contribution in [0.4, 0.5) is 0 Å². The van der Waals surface area contributed by atoms with Gasteiger partial charge in [-0.2, -0.15) is 0 Å². The fraction of sp³-hybridized carbons (Fsp3) is 0.423. The van der Waals surface area contributed by atoms with Crippen LogP contribution in [0.25, 0.3) is 0 Å². The Labute approximate surface area is 193 Å². The van der Waals surface area contributed by atoms with Gasteiger partial charge in [0.1, 0.15) is 40.4 Å². The van der Waals surface area contributed by atoms with E-state index in [1.807, 2.05) is 6.92 Å². The Hall–Kier alpha value is -3.19. The molecule has 2 atom stereocenters. The number of benzene rings is 2. The van der Waals surface area contributed by atoms with Crippen molar-refractivity contribution in [3.05, 3.63) is 53.1 Å². The van der Waals surface area contributed by atoms with Crippen molar-refractivity contribution in [2.45, 2.75) is 58.2 Å². The molecule has 2 aromatic rings.